The standard InChI is InChI=1S/C10H15F3N2OS/c1-7-8(3-5-17-7)9(15-14)2-4-16-6-10(11,12)13/h3,5,9,15H,2,4,6,14H2,1H3. The minimum atomic E-state index is -4.27. The molecule has 0 fully saturated rings. The van der Waals surface area contributed by atoms with Crippen molar-refractivity contribution in [2.24, 2.45) is 5.84 Å². The van der Waals surface area contributed by atoms with E-state index in [4.69, 9.17) is 5.84 Å². The van der Waals surface area contributed by atoms with Gasteiger partial charge in [0, 0.05) is 17.5 Å². The zero-order valence-corrected chi connectivity index (χ0v) is 10.2. The molecule has 3 N–H and O–H groups in total. The largest absolute Gasteiger partial charge is 0.411 e. The van der Waals surface area contributed by atoms with Gasteiger partial charge in [0.1, 0.15) is 6.61 Å². The first-order valence-corrected chi connectivity index (χ1v) is 5.96. The smallest absolute Gasteiger partial charge is 0.372 e. The summed E-state index contributed by atoms with van der Waals surface area (Å²) >= 11 is 1.58. The number of alkyl halides is 3. The van der Waals surface area contributed by atoms with Crippen molar-refractivity contribution in [2.45, 2.75) is 25.6 Å². The van der Waals surface area contributed by atoms with Gasteiger partial charge in [-0.3, -0.25) is 11.3 Å². The Labute approximate surface area is 102 Å². The monoisotopic (exact) mass is 268 g/mol. The second-order valence-electron chi connectivity index (χ2n) is 3.61. The number of nitrogens with one attached hydrogen (secondary N) is 1. The number of ether oxygens (including phenoxy) is 1. The topological polar surface area (TPSA) is 47.3 Å². The van der Waals surface area contributed by atoms with Gasteiger partial charge in [-0.25, -0.2) is 0 Å². The summed E-state index contributed by atoms with van der Waals surface area (Å²) in [6.07, 6.45) is -3.87. The lowest BCUT2D eigenvalue weighted by atomic mass is 10.1. The van der Waals surface area contributed by atoms with Crippen molar-refractivity contribution in [3.05, 3.63) is 21.9 Å². The average Bonchev–Trinajstić information content (AvgIpc) is 2.63. The van der Waals surface area contributed by atoms with Crippen molar-refractivity contribution in [1.29, 1.82) is 0 Å². The Kier molecular flexibility index (Phi) is 5.38. The molecule has 0 aliphatic heterocycles. The van der Waals surface area contributed by atoms with Crippen LogP contribution in [-0.4, -0.2) is 19.4 Å². The summed E-state index contributed by atoms with van der Waals surface area (Å²) in [5.41, 5.74) is 3.60. The first kappa shape index (κ1) is 14.4. The summed E-state index contributed by atoms with van der Waals surface area (Å²) in [6.45, 7) is 0.748. The van der Waals surface area contributed by atoms with Crippen LogP contribution >= 0.6 is 11.3 Å². The number of hydrogen-bond donors (Lipinski definition) is 2. The summed E-state index contributed by atoms with van der Waals surface area (Å²) in [5.74, 6) is 5.38. The van der Waals surface area contributed by atoms with Gasteiger partial charge in [0.15, 0.2) is 0 Å². The highest BCUT2D eigenvalue weighted by Gasteiger charge is 2.27. The molecule has 0 spiro atoms. The zero-order valence-electron chi connectivity index (χ0n) is 9.38. The molecule has 0 saturated heterocycles. The molecule has 98 valence electrons. The molecule has 1 unspecified atom stereocenters. The minimum Gasteiger partial charge on any atom is -0.372 e. The normalized spacial score (nSPS) is 13.9. The third-order valence-corrected chi connectivity index (χ3v) is 3.15. The van der Waals surface area contributed by atoms with Gasteiger partial charge in [-0.2, -0.15) is 13.2 Å². The van der Waals surface area contributed by atoms with E-state index in [1.54, 1.807) is 11.3 Å². The molecule has 0 aliphatic rings. The summed E-state index contributed by atoms with van der Waals surface area (Å²) in [5, 5.41) is 1.92. The number of aryl methyl sites for hydroxylation is 1. The summed E-state index contributed by atoms with van der Waals surface area (Å²) in [4.78, 5) is 1.10. The highest BCUT2D eigenvalue weighted by atomic mass is 32.1. The van der Waals surface area contributed by atoms with E-state index in [-0.39, 0.29) is 12.6 Å². The second kappa shape index (κ2) is 6.34. The van der Waals surface area contributed by atoms with Crippen LogP contribution in [-0.2, 0) is 4.74 Å². The SMILES string of the molecule is Cc1sccc1C(CCOCC(F)(F)F)NN. The Morgan fingerprint density at radius 3 is 2.71 bits per heavy atom. The Balaban J connectivity index is 2.37. The molecular weight excluding hydrogens is 253 g/mol. The summed E-state index contributed by atoms with van der Waals surface area (Å²) in [7, 11) is 0. The molecule has 0 amide bonds. The van der Waals surface area contributed by atoms with Gasteiger partial charge in [-0.1, -0.05) is 0 Å². The predicted molar refractivity (Wildman–Crippen MR) is 60.6 cm³/mol. The van der Waals surface area contributed by atoms with Crippen LogP contribution in [0.3, 0.4) is 0 Å². The highest BCUT2D eigenvalue weighted by molar-refractivity contribution is 7.10. The molecule has 1 heterocycles. The van der Waals surface area contributed by atoms with Crippen LogP contribution in [0.15, 0.2) is 11.4 Å². The molecule has 17 heavy (non-hydrogen) atoms. The number of halogens is 3. The van der Waals surface area contributed by atoms with Gasteiger partial charge in [0.25, 0.3) is 0 Å². The highest BCUT2D eigenvalue weighted by Crippen LogP contribution is 2.24. The fourth-order valence-electron chi connectivity index (χ4n) is 1.47. The Hall–Kier alpha value is -0.630. The molecule has 1 aromatic rings. The van der Waals surface area contributed by atoms with Crippen molar-refractivity contribution in [1.82, 2.24) is 5.43 Å². The summed E-state index contributed by atoms with van der Waals surface area (Å²) in [6, 6.07) is 1.74. The lowest BCUT2D eigenvalue weighted by Gasteiger charge is -2.16. The number of thiophene rings is 1. The lowest BCUT2D eigenvalue weighted by molar-refractivity contribution is -0.174. The number of hydrogen-bond acceptors (Lipinski definition) is 4. The maximum absolute atomic E-state index is 11.8. The number of nitrogens with two attached hydrogens (primary N) is 1. The third-order valence-electron chi connectivity index (χ3n) is 2.29. The van der Waals surface area contributed by atoms with Crippen molar-refractivity contribution in [3.63, 3.8) is 0 Å². The van der Waals surface area contributed by atoms with E-state index >= 15 is 0 Å². The van der Waals surface area contributed by atoms with Gasteiger partial charge in [-0.15, -0.1) is 11.3 Å². The Bertz CT molecular complexity index is 341. The predicted octanol–water partition coefficient (Wildman–Crippen LogP) is 2.53. The van der Waals surface area contributed by atoms with Gasteiger partial charge < -0.3 is 4.74 Å². The average molecular weight is 268 g/mol. The maximum Gasteiger partial charge on any atom is 0.411 e. The maximum atomic E-state index is 11.8. The molecule has 7 heteroatoms. The molecule has 0 saturated carbocycles. The third kappa shape index (κ3) is 5.03. The molecule has 1 rings (SSSR count). The fourth-order valence-corrected chi connectivity index (χ4v) is 2.24. The molecule has 0 aromatic carbocycles. The van der Waals surface area contributed by atoms with Gasteiger partial charge in [0.2, 0.25) is 0 Å². The van der Waals surface area contributed by atoms with Gasteiger partial charge >= 0.3 is 6.18 Å². The number of rotatable bonds is 6. The lowest BCUT2D eigenvalue weighted by Crippen LogP contribution is -2.29. The molecule has 1 aromatic heterocycles. The van der Waals surface area contributed by atoms with Crippen LogP contribution in [0, 0.1) is 6.92 Å². The molecule has 0 aliphatic carbocycles. The number of hydrazine groups is 1. The van der Waals surface area contributed by atoms with Crippen LogP contribution in [0.5, 0.6) is 0 Å². The quantitative estimate of drug-likeness (QED) is 0.473. The van der Waals surface area contributed by atoms with Gasteiger partial charge in [0.05, 0.1) is 0 Å². The Morgan fingerprint density at radius 2 is 2.24 bits per heavy atom. The first-order valence-electron chi connectivity index (χ1n) is 5.08. The molecule has 0 radical (unpaired) electrons. The van der Waals surface area contributed by atoms with Gasteiger partial charge in [-0.05, 0) is 30.4 Å². The Morgan fingerprint density at radius 1 is 1.53 bits per heavy atom. The van der Waals surface area contributed by atoms with E-state index in [0.29, 0.717) is 6.42 Å². The van der Waals surface area contributed by atoms with Crippen LogP contribution in [0.25, 0.3) is 0 Å². The molecule has 0 bridgehead atoms. The van der Waals surface area contributed by atoms with Crippen molar-refractivity contribution >= 4 is 11.3 Å². The van der Waals surface area contributed by atoms with Crippen LogP contribution in [0.2, 0.25) is 0 Å². The van der Waals surface area contributed by atoms with E-state index in [1.807, 2.05) is 18.4 Å². The van der Waals surface area contributed by atoms with Crippen LogP contribution in [0.4, 0.5) is 13.2 Å². The van der Waals surface area contributed by atoms with E-state index in [1.165, 1.54) is 0 Å². The summed E-state index contributed by atoms with van der Waals surface area (Å²) < 4.78 is 40.1. The van der Waals surface area contributed by atoms with E-state index in [0.717, 1.165) is 10.4 Å². The van der Waals surface area contributed by atoms with Crippen molar-refractivity contribution < 1.29 is 17.9 Å². The molecule has 1 atom stereocenters. The van der Waals surface area contributed by atoms with Crippen LogP contribution < -0.4 is 11.3 Å². The van der Waals surface area contributed by atoms with Crippen molar-refractivity contribution in [3.8, 4) is 0 Å². The minimum absolute atomic E-state index is 0.0175. The van der Waals surface area contributed by atoms with Crippen molar-refractivity contribution in [2.75, 3.05) is 13.2 Å². The fraction of sp³-hybridized carbons (Fsp3) is 0.600. The molecular formula is C10H15F3N2OS. The first-order chi connectivity index (χ1) is 7.94. The second-order valence-corrected chi connectivity index (χ2v) is 4.73. The van der Waals surface area contributed by atoms with E-state index in [2.05, 4.69) is 10.2 Å². The van der Waals surface area contributed by atoms with Crippen LogP contribution in [0.1, 0.15) is 22.9 Å². The zero-order chi connectivity index (χ0) is 12.9. The van der Waals surface area contributed by atoms with E-state index < -0.39 is 12.8 Å². The van der Waals surface area contributed by atoms with E-state index in [9.17, 15) is 13.2 Å². The molecule has 3 nitrogen and oxygen atoms in total.